The molecule has 2 rings (SSSR count). The lowest BCUT2D eigenvalue weighted by atomic mass is 10.1. The summed E-state index contributed by atoms with van der Waals surface area (Å²) in [6.45, 7) is 0.643. The number of oxazole rings is 1. The van der Waals surface area contributed by atoms with Crippen molar-refractivity contribution in [1.29, 1.82) is 0 Å². The first kappa shape index (κ1) is 9.73. The van der Waals surface area contributed by atoms with E-state index in [0.29, 0.717) is 6.54 Å². The van der Waals surface area contributed by atoms with Crippen molar-refractivity contribution in [2.24, 2.45) is 5.73 Å². The summed E-state index contributed by atoms with van der Waals surface area (Å²) in [6.07, 6.45) is 2.41. The third-order valence-electron chi connectivity index (χ3n) is 2.18. The first-order chi connectivity index (χ1) is 7.29. The van der Waals surface area contributed by atoms with Gasteiger partial charge in [-0.25, -0.2) is 0 Å². The number of nitrogens with zero attached hydrogens (tertiary/aromatic N) is 1. The molecule has 0 saturated carbocycles. The van der Waals surface area contributed by atoms with Gasteiger partial charge in [0.15, 0.2) is 0 Å². The van der Waals surface area contributed by atoms with Gasteiger partial charge < -0.3 is 15.9 Å². The number of anilines is 1. The molecule has 0 radical (unpaired) electrons. The molecule has 4 N–H and O–H groups in total. The number of rotatable bonds is 3. The highest BCUT2D eigenvalue weighted by Gasteiger charge is 2.03. The van der Waals surface area contributed by atoms with Gasteiger partial charge in [-0.2, -0.15) is 4.98 Å². The number of nitrogens with two attached hydrogens (primary N) is 2. The Bertz CT molecular complexity index is 451. The minimum Gasteiger partial charge on any atom is -0.432 e. The van der Waals surface area contributed by atoms with E-state index in [-0.39, 0.29) is 6.01 Å². The molecular weight excluding hydrogens is 190 g/mol. The van der Waals surface area contributed by atoms with E-state index in [2.05, 4.69) is 4.98 Å². The predicted molar refractivity (Wildman–Crippen MR) is 59.1 cm³/mol. The van der Waals surface area contributed by atoms with Gasteiger partial charge in [0.25, 0.3) is 6.01 Å². The van der Waals surface area contributed by atoms with Crippen molar-refractivity contribution < 1.29 is 4.42 Å². The fourth-order valence-electron chi connectivity index (χ4n) is 1.47. The van der Waals surface area contributed by atoms with Crippen molar-refractivity contribution in [1.82, 2.24) is 4.98 Å². The van der Waals surface area contributed by atoms with E-state index in [1.807, 2.05) is 24.3 Å². The van der Waals surface area contributed by atoms with E-state index in [9.17, 15) is 0 Å². The van der Waals surface area contributed by atoms with Crippen LogP contribution in [0.15, 0.2) is 34.9 Å². The summed E-state index contributed by atoms with van der Waals surface area (Å²) in [4.78, 5) is 4.06. The van der Waals surface area contributed by atoms with E-state index in [1.165, 1.54) is 5.56 Å². The highest BCUT2D eigenvalue weighted by atomic mass is 16.4. The standard InChI is InChI=1S/C11H13N3O/c12-5-4-8-2-1-3-9(6-8)10-7-15-11(13)14-10/h1-3,6-7H,4-5,12H2,(H2,13,14). The van der Waals surface area contributed by atoms with Crippen molar-refractivity contribution in [2.45, 2.75) is 6.42 Å². The van der Waals surface area contributed by atoms with E-state index in [4.69, 9.17) is 15.9 Å². The lowest BCUT2D eigenvalue weighted by Gasteiger charge is -2.00. The third kappa shape index (κ3) is 2.16. The lowest BCUT2D eigenvalue weighted by molar-refractivity contribution is 0.581. The summed E-state index contributed by atoms with van der Waals surface area (Å²) >= 11 is 0. The summed E-state index contributed by atoms with van der Waals surface area (Å²) in [5, 5.41) is 0. The Kier molecular flexibility index (Phi) is 2.69. The Morgan fingerprint density at radius 3 is 2.87 bits per heavy atom. The van der Waals surface area contributed by atoms with Gasteiger partial charge in [-0.05, 0) is 24.6 Å². The number of benzene rings is 1. The quantitative estimate of drug-likeness (QED) is 0.790. The summed E-state index contributed by atoms with van der Waals surface area (Å²) in [6, 6.07) is 8.22. The molecule has 1 aromatic carbocycles. The van der Waals surface area contributed by atoms with Crippen molar-refractivity contribution in [3.05, 3.63) is 36.1 Å². The van der Waals surface area contributed by atoms with E-state index in [0.717, 1.165) is 17.7 Å². The second-order valence-corrected chi connectivity index (χ2v) is 3.31. The van der Waals surface area contributed by atoms with E-state index < -0.39 is 0 Å². The van der Waals surface area contributed by atoms with Crippen molar-refractivity contribution in [2.75, 3.05) is 12.3 Å². The van der Waals surface area contributed by atoms with Crippen LogP contribution in [0.4, 0.5) is 6.01 Å². The van der Waals surface area contributed by atoms with Crippen LogP contribution < -0.4 is 11.5 Å². The highest BCUT2D eigenvalue weighted by Crippen LogP contribution is 2.20. The smallest absolute Gasteiger partial charge is 0.292 e. The zero-order valence-electron chi connectivity index (χ0n) is 8.31. The second kappa shape index (κ2) is 4.14. The molecule has 4 nitrogen and oxygen atoms in total. The molecule has 0 aliphatic carbocycles. The first-order valence-electron chi connectivity index (χ1n) is 4.80. The molecule has 0 fully saturated rings. The number of aromatic nitrogens is 1. The van der Waals surface area contributed by atoms with Gasteiger partial charge in [-0.15, -0.1) is 0 Å². The molecule has 0 unspecified atom stereocenters. The van der Waals surface area contributed by atoms with Gasteiger partial charge in [0.1, 0.15) is 12.0 Å². The minimum absolute atomic E-state index is 0.189. The minimum atomic E-state index is 0.189. The monoisotopic (exact) mass is 203 g/mol. The molecule has 0 bridgehead atoms. The number of hydrogen-bond acceptors (Lipinski definition) is 4. The van der Waals surface area contributed by atoms with Crippen LogP contribution in [0.5, 0.6) is 0 Å². The Balaban J connectivity index is 2.32. The molecular formula is C11H13N3O. The number of nitrogen functional groups attached to an aromatic ring is 1. The molecule has 0 spiro atoms. The van der Waals surface area contributed by atoms with E-state index in [1.54, 1.807) is 6.26 Å². The predicted octanol–water partition coefficient (Wildman–Crippen LogP) is 1.42. The molecule has 15 heavy (non-hydrogen) atoms. The van der Waals surface area contributed by atoms with Gasteiger partial charge in [0, 0.05) is 5.56 Å². The van der Waals surface area contributed by atoms with Crippen LogP contribution in [0.25, 0.3) is 11.3 Å². The van der Waals surface area contributed by atoms with Crippen LogP contribution in [-0.4, -0.2) is 11.5 Å². The molecule has 0 saturated heterocycles. The van der Waals surface area contributed by atoms with Crippen LogP contribution >= 0.6 is 0 Å². The first-order valence-corrected chi connectivity index (χ1v) is 4.80. The topological polar surface area (TPSA) is 78.1 Å². The average Bonchev–Trinajstić information content (AvgIpc) is 2.66. The summed E-state index contributed by atoms with van der Waals surface area (Å²) < 4.78 is 4.96. The fourth-order valence-corrected chi connectivity index (χ4v) is 1.47. The Labute approximate surface area is 87.9 Å². The normalized spacial score (nSPS) is 10.5. The Morgan fingerprint density at radius 1 is 1.33 bits per heavy atom. The number of hydrogen-bond donors (Lipinski definition) is 2. The summed E-state index contributed by atoms with van der Waals surface area (Å²) in [5.74, 6) is 0. The summed E-state index contributed by atoms with van der Waals surface area (Å²) in [5.41, 5.74) is 13.9. The summed E-state index contributed by atoms with van der Waals surface area (Å²) in [7, 11) is 0. The highest BCUT2D eigenvalue weighted by molar-refractivity contribution is 5.59. The maximum Gasteiger partial charge on any atom is 0.292 e. The Hall–Kier alpha value is -1.81. The van der Waals surface area contributed by atoms with Gasteiger partial charge >= 0.3 is 0 Å². The maximum absolute atomic E-state index is 5.50. The molecule has 4 heteroatoms. The zero-order chi connectivity index (χ0) is 10.7. The zero-order valence-corrected chi connectivity index (χ0v) is 8.31. The van der Waals surface area contributed by atoms with Crippen LogP contribution in [0.2, 0.25) is 0 Å². The van der Waals surface area contributed by atoms with E-state index >= 15 is 0 Å². The fraction of sp³-hybridized carbons (Fsp3) is 0.182. The molecule has 2 aromatic rings. The molecule has 1 heterocycles. The van der Waals surface area contributed by atoms with Gasteiger partial charge in [0.05, 0.1) is 0 Å². The molecule has 0 atom stereocenters. The largest absolute Gasteiger partial charge is 0.432 e. The van der Waals surface area contributed by atoms with Crippen molar-refractivity contribution in [3.63, 3.8) is 0 Å². The third-order valence-corrected chi connectivity index (χ3v) is 2.18. The van der Waals surface area contributed by atoms with Gasteiger partial charge in [-0.3, -0.25) is 0 Å². The molecule has 0 amide bonds. The lowest BCUT2D eigenvalue weighted by Crippen LogP contribution is -2.02. The average molecular weight is 203 g/mol. The van der Waals surface area contributed by atoms with Crippen LogP contribution in [-0.2, 0) is 6.42 Å². The van der Waals surface area contributed by atoms with Gasteiger partial charge in [-0.1, -0.05) is 18.2 Å². The van der Waals surface area contributed by atoms with Crippen LogP contribution in [0.1, 0.15) is 5.56 Å². The molecule has 78 valence electrons. The molecule has 0 aliphatic heterocycles. The molecule has 0 aliphatic rings. The molecule has 1 aromatic heterocycles. The van der Waals surface area contributed by atoms with Crippen molar-refractivity contribution >= 4 is 6.01 Å². The van der Waals surface area contributed by atoms with Crippen molar-refractivity contribution in [3.8, 4) is 11.3 Å². The van der Waals surface area contributed by atoms with Crippen LogP contribution in [0, 0.1) is 0 Å². The maximum atomic E-state index is 5.50. The van der Waals surface area contributed by atoms with Gasteiger partial charge in [0.2, 0.25) is 0 Å². The Morgan fingerprint density at radius 2 is 2.20 bits per heavy atom. The second-order valence-electron chi connectivity index (χ2n) is 3.31. The SMILES string of the molecule is NCCc1cccc(-c2coc(N)n2)c1. The van der Waals surface area contributed by atoms with Crippen LogP contribution in [0.3, 0.4) is 0 Å².